The lowest BCUT2D eigenvalue weighted by molar-refractivity contribution is -0.128. The molecule has 0 saturated heterocycles. The minimum atomic E-state index is -0.524. The number of carbonyl (C=O) groups excluding carboxylic acids is 1. The van der Waals surface area contributed by atoms with Crippen LogP contribution in [-0.2, 0) is 4.79 Å². The highest BCUT2D eigenvalue weighted by Crippen LogP contribution is 2.13. The van der Waals surface area contributed by atoms with E-state index in [-0.39, 0.29) is 18.3 Å². The Morgan fingerprint density at radius 2 is 2.11 bits per heavy atom. The highest BCUT2D eigenvalue weighted by atomic mass is 35.5. The van der Waals surface area contributed by atoms with Crippen LogP contribution in [0.2, 0.25) is 0 Å². The molecule has 4 nitrogen and oxygen atoms in total. The second kappa shape index (κ2) is 8.02. The van der Waals surface area contributed by atoms with Crippen molar-refractivity contribution in [3.63, 3.8) is 0 Å². The van der Waals surface area contributed by atoms with Gasteiger partial charge >= 0.3 is 0 Å². The molecule has 0 aromatic heterocycles. The Balaban J connectivity index is 0.00000324. The summed E-state index contributed by atoms with van der Waals surface area (Å²) in [5.41, 5.74) is 6.16. The number of halogens is 1. The number of nitrogens with one attached hydrogen (secondary N) is 1. The average Bonchev–Trinajstić information content (AvgIpc) is 2.34. The Bertz CT molecular complexity index is 408. The molecule has 0 spiro atoms. The summed E-state index contributed by atoms with van der Waals surface area (Å²) in [6.45, 7) is 6.93. The summed E-state index contributed by atoms with van der Waals surface area (Å²) in [7, 11) is 0. The lowest BCUT2D eigenvalue weighted by Gasteiger charge is -2.21. The van der Waals surface area contributed by atoms with Crippen molar-refractivity contribution in [3.8, 4) is 5.75 Å². The van der Waals surface area contributed by atoms with E-state index in [1.54, 1.807) is 0 Å². The van der Waals surface area contributed by atoms with Gasteiger partial charge in [-0.1, -0.05) is 12.1 Å². The summed E-state index contributed by atoms with van der Waals surface area (Å²) in [5.74, 6) is 0.778. The van der Waals surface area contributed by atoms with Crippen LogP contribution >= 0.6 is 12.4 Å². The number of ether oxygens (including phenoxy) is 1. The number of aryl methyl sites for hydroxylation is 1. The molecule has 0 atom stereocenters. The fraction of sp³-hybridized carbons (Fsp3) is 0.500. The van der Waals surface area contributed by atoms with E-state index in [1.165, 1.54) is 0 Å². The van der Waals surface area contributed by atoms with Gasteiger partial charge < -0.3 is 15.8 Å². The lowest BCUT2D eigenvalue weighted by atomic mass is 9.93. The fourth-order valence-corrected chi connectivity index (χ4v) is 1.37. The standard InChI is InChI=1S/C14H22N2O2.ClH/c1-11-5-4-6-12(9-11)18-8-7-16-13(17)14(2,3)10-15;/h4-6,9H,7-8,10,15H2,1-3H3,(H,16,17);1H. The molecule has 0 bridgehead atoms. The quantitative estimate of drug-likeness (QED) is 0.785. The van der Waals surface area contributed by atoms with Gasteiger partial charge in [0.05, 0.1) is 12.0 Å². The second-order valence-electron chi connectivity index (χ2n) is 5.01. The van der Waals surface area contributed by atoms with Gasteiger partial charge in [-0.15, -0.1) is 12.4 Å². The first kappa shape index (κ1) is 17.7. The third-order valence-corrected chi connectivity index (χ3v) is 2.77. The van der Waals surface area contributed by atoms with Crippen molar-refractivity contribution < 1.29 is 9.53 Å². The Labute approximate surface area is 121 Å². The zero-order valence-corrected chi connectivity index (χ0v) is 12.5. The molecule has 0 aliphatic heterocycles. The number of carbonyl (C=O) groups is 1. The van der Waals surface area contributed by atoms with Gasteiger partial charge in [0, 0.05) is 6.54 Å². The predicted octanol–water partition coefficient (Wildman–Crippen LogP) is 1.90. The molecule has 3 N–H and O–H groups in total. The maximum atomic E-state index is 11.7. The Kier molecular flexibility index (Phi) is 7.49. The van der Waals surface area contributed by atoms with Gasteiger partial charge in [-0.25, -0.2) is 0 Å². The van der Waals surface area contributed by atoms with Crippen molar-refractivity contribution in [2.45, 2.75) is 20.8 Å². The number of hydrogen-bond donors (Lipinski definition) is 2. The molecule has 1 aromatic carbocycles. The van der Waals surface area contributed by atoms with Crippen molar-refractivity contribution in [1.29, 1.82) is 0 Å². The van der Waals surface area contributed by atoms with E-state index in [0.29, 0.717) is 19.7 Å². The van der Waals surface area contributed by atoms with Gasteiger partial charge in [0.25, 0.3) is 0 Å². The van der Waals surface area contributed by atoms with Crippen LogP contribution in [0.1, 0.15) is 19.4 Å². The second-order valence-corrected chi connectivity index (χ2v) is 5.01. The van der Waals surface area contributed by atoms with Gasteiger partial charge in [-0.3, -0.25) is 4.79 Å². The number of amides is 1. The van der Waals surface area contributed by atoms with E-state index < -0.39 is 5.41 Å². The first-order chi connectivity index (χ1) is 8.45. The van der Waals surface area contributed by atoms with Crippen LogP contribution in [0.4, 0.5) is 0 Å². The molecular weight excluding hydrogens is 264 g/mol. The molecule has 0 radical (unpaired) electrons. The topological polar surface area (TPSA) is 64.3 Å². The maximum Gasteiger partial charge on any atom is 0.227 e. The zero-order valence-electron chi connectivity index (χ0n) is 11.7. The number of nitrogens with two attached hydrogens (primary N) is 1. The number of benzene rings is 1. The van der Waals surface area contributed by atoms with E-state index in [0.717, 1.165) is 11.3 Å². The molecule has 0 saturated carbocycles. The Morgan fingerprint density at radius 1 is 1.42 bits per heavy atom. The van der Waals surface area contributed by atoms with E-state index in [9.17, 15) is 4.79 Å². The summed E-state index contributed by atoms with van der Waals surface area (Å²) < 4.78 is 5.54. The summed E-state index contributed by atoms with van der Waals surface area (Å²) in [4.78, 5) is 11.7. The molecule has 108 valence electrons. The molecule has 1 rings (SSSR count). The van der Waals surface area contributed by atoms with E-state index in [2.05, 4.69) is 5.32 Å². The maximum absolute atomic E-state index is 11.7. The van der Waals surface area contributed by atoms with Crippen LogP contribution in [0.5, 0.6) is 5.75 Å². The zero-order chi connectivity index (χ0) is 13.6. The summed E-state index contributed by atoms with van der Waals surface area (Å²) in [6.07, 6.45) is 0. The van der Waals surface area contributed by atoms with Gasteiger partial charge in [0.15, 0.2) is 0 Å². The van der Waals surface area contributed by atoms with Gasteiger partial charge in [-0.2, -0.15) is 0 Å². The Morgan fingerprint density at radius 3 is 2.68 bits per heavy atom. The number of rotatable bonds is 6. The van der Waals surface area contributed by atoms with Crippen LogP contribution in [0, 0.1) is 12.3 Å². The molecule has 5 heteroatoms. The highest BCUT2D eigenvalue weighted by molar-refractivity contribution is 5.85. The molecule has 0 aliphatic carbocycles. The smallest absolute Gasteiger partial charge is 0.227 e. The third-order valence-electron chi connectivity index (χ3n) is 2.77. The van der Waals surface area contributed by atoms with Crippen LogP contribution in [-0.4, -0.2) is 25.6 Å². The summed E-state index contributed by atoms with van der Waals surface area (Å²) >= 11 is 0. The molecule has 1 aromatic rings. The van der Waals surface area contributed by atoms with Gasteiger partial charge in [0.1, 0.15) is 12.4 Å². The molecule has 19 heavy (non-hydrogen) atoms. The van der Waals surface area contributed by atoms with Crippen molar-refractivity contribution in [2.24, 2.45) is 11.1 Å². The minimum Gasteiger partial charge on any atom is -0.492 e. The van der Waals surface area contributed by atoms with Crippen LogP contribution in [0.3, 0.4) is 0 Å². The number of hydrogen-bond acceptors (Lipinski definition) is 3. The molecule has 0 unspecified atom stereocenters. The minimum absolute atomic E-state index is 0. The van der Waals surface area contributed by atoms with Crippen molar-refractivity contribution in [1.82, 2.24) is 5.32 Å². The SMILES string of the molecule is Cc1cccc(OCCNC(=O)C(C)(C)CN)c1.Cl. The van der Waals surface area contributed by atoms with Crippen molar-refractivity contribution in [3.05, 3.63) is 29.8 Å². The molecule has 1 amide bonds. The normalized spacial score (nSPS) is 10.5. The van der Waals surface area contributed by atoms with Gasteiger partial charge in [-0.05, 0) is 38.5 Å². The average molecular weight is 287 g/mol. The van der Waals surface area contributed by atoms with E-state index >= 15 is 0 Å². The van der Waals surface area contributed by atoms with Crippen LogP contribution in [0.15, 0.2) is 24.3 Å². The largest absolute Gasteiger partial charge is 0.492 e. The molecule has 0 aliphatic rings. The van der Waals surface area contributed by atoms with E-state index in [1.807, 2.05) is 45.0 Å². The lowest BCUT2D eigenvalue weighted by Crippen LogP contribution is -2.43. The molecule has 0 heterocycles. The van der Waals surface area contributed by atoms with Crippen LogP contribution < -0.4 is 15.8 Å². The third kappa shape index (κ3) is 5.94. The first-order valence-electron chi connectivity index (χ1n) is 6.13. The van der Waals surface area contributed by atoms with Crippen LogP contribution in [0.25, 0.3) is 0 Å². The first-order valence-corrected chi connectivity index (χ1v) is 6.13. The van der Waals surface area contributed by atoms with E-state index in [4.69, 9.17) is 10.5 Å². The molecule has 0 fully saturated rings. The highest BCUT2D eigenvalue weighted by Gasteiger charge is 2.24. The summed E-state index contributed by atoms with van der Waals surface area (Å²) in [5, 5.41) is 2.81. The monoisotopic (exact) mass is 286 g/mol. The van der Waals surface area contributed by atoms with Gasteiger partial charge in [0.2, 0.25) is 5.91 Å². The molecular formula is C14H23ClN2O2. The van der Waals surface area contributed by atoms with Crippen molar-refractivity contribution >= 4 is 18.3 Å². The fourth-order valence-electron chi connectivity index (χ4n) is 1.37. The predicted molar refractivity (Wildman–Crippen MR) is 79.8 cm³/mol. The van der Waals surface area contributed by atoms with Crippen molar-refractivity contribution in [2.75, 3.05) is 19.7 Å². The summed E-state index contributed by atoms with van der Waals surface area (Å²) in [6, 6.07) is 7.82. The Hall–Kier alpha value is -1.26.